The maximum atomic E-state index is 13.7. The third-order valence-electron chi connectivity index (χ3n) is 9.89. The molecule has 49 heavy (non-hydrogen) atoms. The van der Waals surface area contributed by atoms with Crippen molar-refractivity contribution in [3.63, 3.8) is 0 Å². The molecular formula is C38H45F2N3O6. The molecule has 3 aromatic rings. The number of amides is 2. The molecule has 0 bridgehead atoms. The van der Waals surface area contributed by atoms with Crippen molar-refractivity contribution in [3.8, 4) is 0 Å². The van der Waals surface area contributed by atoms with Crippen LogP contribution in [0, 0.1) is 23.5 Å². The van der Waals surface area contributed by atoms with Gasteiger partial charge in [0.2, 0.25) is 11.8 Å². The fourth-order valence-corrected chi connectivity index (χ4v) is 6.76. The summed E-state index contributed by atoms with van der Waals surface area (Å²) in [6, 6.07) is 18.4. The van der Waals surface area contributed by atoms with Gasteiger partial charge in [0.25, 0.3) is 0 Å². The van der Waals surface area contributed by atoms with Gasteiger partial charge < -0.3 is 25.2 Å². The number of hydrogen-bond donors (Lipinski definition) is 3. The van der Waals surface area contributed by atoms with Gasteiger partial charge in [0, 0.05) is 12.1 Å². The number of ether oxygens (including phenoxy) is 1. The fourth-order valence-electron chi connectivity index (χ4n) is 6.76. The maximum absolute atomic E-state index is 13.7. The lowest BCUT2D eigenvalue weighted by molar-refractivity contribution is -0.154. The molecule has 9 nitrogen and oxygen atoms in total. The van der Waals surface area contributed by atoms with E-state index in [2.05, 4.69) is 10.2 Å². The molecule has 2 heterocycles. The number of aryl methyl sites for hydroxylation is 1. The number of likely N-dealkylation sites (N-methyl/N-ethyl adjacent to an activating group) is 1. The Labute approximate surface area is 285 Å². The quantitative estimate of drug-likeness (QED) is 0.173. The standard InChI is InChI=1S/C38H45F2N3O6/c1-24(2)34(37(47)48)41-33(45)21-38(22-49-23-38)42(3)20-4-5-25-6-8-27(9-7-25)35-31(18-19-32(44)26-10-12-28(39)13-11-26)36(46)43(35)30-16-14-29(40)15-17-30/h6-17,24,31-32,34-35,44H,4-5,18-23H2,1-3H3,(H,41,45)(H,47,48)/t31-,32?,34?,35-/m1/s1. The molecule has 2 unspecified atom stereocenters. The lowest BCUT2D eigenvalue weighted by Crippen LogP contribution is -2.63. The van der Waals surface area contributed by atoms with Crippen molar-refractivity contribution in [2.45, 2.75) is 69.7 Å². The van der Waals surface area contributed by atoms with Crippen molar-refractivity contribution in [2.75, 3.05) is 31.7 Å². The molecule has 0 radical (unpaired) electrons. The van der Waals surface area contributed by atoms with E-state index in [1.165, 1.54) is 24.3 Å². The number of rotatable bonds is 16. The summed E-state index contributed by atoms with van der Waals surface area (Å²) in [6.45, 7) is 5.03. The monoisotopic (exact) mass is 677 g/mol. The number of nitrogens with one attached hydrogen (secondary N) is 1. The first kappa shape index (κ1) is 36.1. The van der Waals surface area contributed by atoms with Crippen LogP contribution in [0.25, 0.3) is 0 Å². The van der Waals surface area contributed by atoms with Crippen molar-refractivity contribution in [1.29, 1.82) is 0 Å². The number of carboxylic acids is 1. The molecule has 2 aliphatic rings. The highest BCUT2D eigenvalue weighted by atomic mass is 19.1. The van der Waals surface area contributed by atoms with E-state index in [4.69, 9.17) is 4.74 Å². The van der Waals surface area contributed by atoms with E-state index >= 15 is 0 Å². The highest BCUT2D eigenvalue weighted by Gasteiger charge is 2.48. The SMILES string of the molecule is CC(C)C(NC(=O)CC1(N(C)CCCc2ccc([C@@H]3[C@@H](CCC(O)c4ccc(F)cc4)C(=O)N3c3ccc(F)cc3)cc2)COC1)C(=O)O. The van der Waals surface area contributed by atoms with Crippen LogP contribution in [-0.2, 0) is 25.5 Å². The van der Waals surface area contributed by atoms with E-state index in [9.17, 15) is 33.4 Å². The largest absolute Gasteiger partial charge is 0.480 e. The van der Waals surface area contributed by atoms with Gasteiger partial charge in [-0.25, -0.2) is 13.6 Å². The second-order valence-corrected chi connectivity index (χ2v) is 13.7. The molecule has 0 aromatic heterocycles. The molecule has 4 atom stereocenters. The normalized spacial score (nSPS) is 19.7. The van der Waals surface area contributed by atoms with Gasteiger partial charge in [-0.05, 0) is 98.3 Å². The molecule has 11 heteroatoms. The Morgan fingerprint density at radius 1 is 1.00 bits per heavy atom. The van der Waals surface area contributed by atoms with Gasteiger partial charge in [0.15, 0.2) is 0 Å². The first-order valence-electron chi connectivity index (χ1n) is 16.8. The van der Waals surface area contributed by atoms with Crippen LogP contribution in [0.5, 0.6) is 0 Å². The highest BCUT2D eigenvalue weighted by Crippen LogP contribution is 2.46. The van der Waals surface area contributed by atoms with E-state index in [0.717, 1.165) is 24.0 Å². The summed E-state index contributed by atoms with van der Waals surface area (Å²) >= 11 is 0. The van der Waals surface area contributed by atoms with Gasteiger partial charge >= 0.3 is 5.97 Å². The third-order valence-corrected chi connectivity index (χ3v) is 9.89. The smallest absolute Gasteiger partial charge is 0.326 e. The summed E-state index contributed by atoms with van der Waals surface area (Å²) < 4.78 is 32.6. The molecule has 2 fully saturated rings. The Bertz CT molecular complexity index is 1600. The number of aliphatic hydroxyl groups excluding tert-OH is 1. The lowest BCUT2D eigenvalue weighted by Gasteiger charge is -2.48. The Morgan fingerprint density at radius 2 is 1.61 bits per heavy atom. The molecule has 3 N–H and O–H groups in total. The fraction of sp³-hybridized carbons (Fsp3) is 0.447. The second-order valence-electron chi connectivity index (χ2n) is 13.7. The summed E-state index contributed by atoms with van der Waals surface area (Å²) in [5.74, 6) is -2.85. The predicted molar refractivity (Wildman–Crippen MR) is 181 cm³/mol. The molecule has 2 saturated heterocycles. The summed E-state index contributed by atoms with van der Waals surface area (Å²) in [5, 5.41) is 22.8. The van der Waals surface area contributed by atoms with Crippen LogP contribution in [-0.4, -0.2) is 71.3 Å². The number of aliphatic carboxylic acids is 1. The summed E-state index contributed by atoms with van der Waals surface area (Å²) in [5.41, 5.74) is 2.76. The van der Waals surface area contributed by atoms with Crippen molar-refractivity contribution < 1.29 is 38.1 Å². The molecule has 2 amide bonds. The van der Waals surface area contributed by atoms with Crippen LogP contribution in [0.1, 0.15) is 68.4 Å². The van der Waals surface area contributed by atoms with Crippen LogP contribution < -0.4 is 10.2 Å². The van der Waals surface area contributed by atoms with E-state index in [1.54, 1.807) is 43.0 Å². The summed E-state index contributed by atoms with van der Waals surface area (Å²) in [6.07, 6.45) is 1.66. The maximum Gasteiger partial charge on any atom is 0.326 e. The molecule has 262 valence electrons. The lowest BCUT2D eigenvalue weighted by atomic mass is 9.78. The molecule has 0 aliphatic carbocycles. The number of β-lactam (4-membered cyclic amide) rings is 1. The Kier molecular flexibility index (Phi) is 11.5. The average molecular weight is 678 g/mol. The van der Waals surface area contributed by atoms with Gasteiger partial charge in [-0.3, -0.25) is 14.5 Å². The highest BCUT2D eigenvalue weighted by molar-refractivity contribution is 6.03. The number of carbonyl (C=O) groups is 3. The van der Waals surface area contributed by atoms with Crippen LogP contribution >= 0.6 is 0 Å². The molecule has 2 aliphatic heterocycles. The minimum Gasteiger partial charge on any atom is -0.480 e. The van der Waals surface area contributed by atoms with Crippen molar-refractivity contribution in [3.05, 3.63) is 101 Å². The van der Waals surface area contributed by atoms with Crippen molar-refractivity contribution in [1.82, 2.24) is 10.2 Å². The third kappa shape index (κ3) is 8.34. The first-order chi connectivity index (χ1) is 23.4. The Hall–Kier alpha value is -4.19. The molecule has 3 aromatic carbocycles. The van der Waals surface area contributed by atoms with Crippen LogP contribution in [0.4, 0.5) is 14.5 Å². The number of anilines is 1. The van der Waals surface area contributed by atoms with Crippen LogP contribution in [0.3, 0.4) is 0 Å². The van der Waals surface area contributed by atoms with E-state index < -0.39 is 23.7 Å². The minimum absolute atomic E-state index is 0.0969. The zero-order chi connectivity index (χ0) is 35.3. The molecule has 0 spiro atoms. The van der Waals surface area contributed by atoms with Crippen LogP contribution in [0.2, 0.25) is 0 Å². The molecular weight excluding hydrogens is 632 g/mol. The van der Waals surface area contributed by atoms with E-state index in [0.29, 0.717) is 43.9 Å². The minimum atomic E-state index is -1.05. The summed E-state index contributed by atoms with van der Waals surface area (Å²) in [4.78, 5) is 41.6. The zero-order valence-corrected chi connectivity index (χ0v) is 28.1. The average Bonchev–Trinajstić information content (AvgIpc) is 3.05. The van der Waals surface area contributed by atoms with Gasteiger partial charge in [-0.15, -0.1) is 0 Å². The number of aliphatic hydroxyl groups is 1. The van der Waals surface area contributed by atoms with E-state index in [1.807, 2.05) is 31.3 Å². The molecule has 5 rings (SSSR count). The van der Waals surface area contributed by atoms with Crippen molar-refractivity contribution >= 4 is 23.5 Å². The molecule has 0 saturated carbocycles. The van der Waals surface area contributed by atoms with Gasteiger partial charge in [0.05, 0.1) is 36.8 Å². The number of carboxylic acid groups (broad SMARTS) is 1. The second kappa shape index (κ2) is 15.6. The number of halogens is 2. The van der Waals surface area contributed by atoms with Crippen molar-refractivity contribution in [2.24, 2.45) is 11.8 Å². The van der Waals surface area contributed by atoms with Gasteiger partial charge in [-0.1, -0.05) is 50.2 Å². The number of nitrogens with zero attached hydrogens (tertiary/aromatic N) is 2. The van der Waals surface area contributed by atoms with Gasteiger partial charge in [0.1, 0.15) is 17.7 Å². The predicted octanol–water partition coefficient (Wildman–Crippen LogP) is 5.43. The number of carbonyl (C=O) groups excluding carboxylic acids is 2. The van der Waals surface area contributed by atoms with E-state index in [-0.39, 0.29) is 47.7 Å². The van der Waals surface area contributed by atoms with Gasteiger partial charge in [-0.2, -0.15) is 0 Å². The van der Waals surface area contributed by atoms with Crippen LogP contribution in [0.15, 0.2) is 72.8 Å². The topological polar surface area (TPSA) is 119 Å². The zero-order valence-electron chi connectivity index (χ0n) is 28.1. The first-order valence-corrected chi connectivity index (χ1v) is 16.8. The Balaban J connectivity index is 1.20. The summed E-state index contributed by atoms with van der Waals surface area (Å²) in [7, 11) is 1.96. The number of benzene rings is 3. The number of hydrogen-bond acceptors (Lipinski definition) is 6. The Morgan fingerprint density at radius 3 is 2.16 bits per heavy atom.